The van der Waals surface area contributed by atoms with Crippen molar-refractivity contribution in [2.45, 2.75) is 12.5 Å². The second-order valence-corrected chi connectivity index (χ2v) is 4.85. The highest BCUT2D eigenvalue weighted by molar-refractivity contribution is 6.06. The van der Waals surface area contributed by atoms with E-state index in [4.69, 9.17) is 0 Å². The second kappa shape index (κ2) is 5.66. The van der Waals surface area contributed by atoms with Gasteiger partial charge in [0.15, 0.2) is 0 Å². The zero-order valence-electron chi connectivity index (χ0n) is 11.6. The molecule has 2 aromatic carbocycles. The van der Waals surface area contributed by atoms with E-state index in [1.54, 1.807) is 23.2 Å². The molecule has 0 N–H and O–H groups in total. The van der Waals surface area contributed by atoms with E-state index in [1.165, 1.54) is 6.07 Å². The molecule has 1 atom stereocenters. The number of anilines is 1. The molecule has 0 aromatic heterocycles. The SMILES string of the molecule is N#CC1CC(c2ccccc2[N+](=O)[O-])=NN1c1ccccc1. The van der Waals surface area contributed by atoms with Gasteiger partial charge in [0, 0.05) is 12.5 Å². The number of benzene rings is 2. The minimum atomic E-state index is -0.461. The van der Waals surface area contributed by atoms with Crippen LogP contribution in [0.5, 0.6) is 0 Å². The number of hydrazone groups is 1. The van der Waals surface area contributed by atoms with Crippen LogP contribution >= 0.6 is 0 Å². The van der Waals surface area contributed by atoms with Crippen LogP contribution in [0.25, 0.3) is 0 Å². The molecule has 3 rings (SSSR count). The third kappa shape index (κ3) is 2.40. The van der Waals surface area contributed by atoms with Crippen LogP contribution in [0, 0.1) is 21.4 Å². The van der Waals surface area contributed by atoms with Crippen LogP contribution in [0.15, 0.2) is 59.7 Å². The molecule has 0 aliphatic carbocycles. The standard InChI is InChI=1S/C16H12N4O2/c17-11-13-10-15(14-8-4-5-9-16(14)20(21)22)18-19(13)12-6-2-1-3-7-12/h1-9,13H,10H2. The summed E-state index contributed by atoms with van der Waals surface area (Å²) in [6.07, 6.45) is 0.357. The summed E-state index contributed by atoms with van der Waals surface area (Å²) in [7, 11) is 0. The van der Waals surface area contributed by atoms with Gasteiger partial charge in [0.1, 0.15) is 6.04 Å². The minimum absolute atomic E-state index is 0.00727. The summed E-state index contributed by atoms with van der Waals surface area (Å²) >= 11 is 0. The topological polar surface area (TPSA) is 82.5 Å². The number of nitro benzene ring substituents is 1. The summed E-state index contributed by atoms with van der Waals surface area (Å²) in [6.45, 7) is 0. The van der Waals surface area contributed by atoms with Gasteiger partial charge in [-0.3, -0.25) is 10.1 Å². The number of nitrogens with zero attached hydrogens (tertiary/aromatic N) is 4. The lowest BCUT2D eigenvalue weighted by Crippen LogP contribution is -2.24. The van der Waals surface area contributed by atoms with E-state index in [2.05, 4.69) is 11.2 Å². The fraction of sp³-hybridized carbons (Fsp3) is 0.125. The molecule has 0 saturated heterocycles. The Labute approximate surface area is 127 Å². The maximum atomic E-state index is 11.2. The molecule has 6 heteroatoms. The Kier molecular flexibility index (Phi) is 3.54. The summed E-state index contributed by atoms with van der Waals surface area (Å²) < 4.78 is 0. The molecule has 0 radical (unpaired) electrons. The van der Waals surface area contributed by atoms with Crippen LogP contribution in [0.3, 0.4) is 0 Å². The van der Waals surface area contributed by atoms with Crippen molar-refractivity contribution < 1.29 is 4.92 Å². The van der Waals surface area contributed by atoms with E-state index < -0.39 is 11.0 Å². The highest BCUT2D eigenvalue weighted by atomic mass is 16.6. The summed E-state index contributed by atoms with van der Waals surface area (Å²) in [4.78, 5) is 10.7. The first kappa shape index (κ1) is 13.8. The molecule has 1 aliphatic rings. The van der Waals surface area contributed by atoms with Crippen molar-refractivity contribution in [1.29, 1.82) is 5.26 Å². The molecule has 2 aromatic rings. The molecule has 0 bridgehead atoms. The van der Waals surface area contributed by atoms with Crippen molar-refractivity contribution in [3.63, 3.8) is 0 Å². The Hall–Kier alpha value is -3.20. The third-order valence-electron chi connectivity index (χ3n) is 3.49. The van der Waals surface area contributed by atoms with Gasteiger partial charge in [0.2, 0.25) is 0 Å². The Morgan fingerprint density at radius 3 is 2.55 bits per heavy atom. The molecule has 0 amide bonds. The monoisotopic (exact) mass is 292 g/mol. The molecule has 6 nitrogen and oxygen atoms in total. The predicted octanol–water partition coefficient (Wildman–Crippen LogP) is 3.10. The minimum Gasteiger partial charge on any atom is -0.258 e. The maximum Gasteiger partial charge on any atom is 0.278 e. The van der Waals surface area contributed by atoms with E-state index in [0.717, 1.165) is 5.69 Å². The van der Waals surface area contributed by atoms with Crippen LogP contribution in [0.4, 0.5) is 11.4 Å². The Balaban J connectivity index is 2.03. The lowest BCUT2D eigenvalue weighted by atomic mass is 10.0. The quantitative estimate of drug-likeness (QED) is 0.643. The van der Waals surface area contributed by atoms with Crippen molar-refractivity contribution in [3.05, 3.63) is 70.3 Å². The van der Waals surface area contributed by atoms with E-state index in [9.17, 15) is 15.4 Å². The van der Waals surface area contributed by atoms with Gasteiger partial charge in [-0.15, -0.1) is 0 Å². The predicted molar refractivity (Wildman–Crippen MR) is 82.6 cm³/mol. The first-order chi connectivity index (χ1) is 10.7. The zero-order valence-corrected chi connectivity index (χ0v) is 11.6. The van der Waals surface area contributed by atoms with Gasteiger partial charge < -0.3 is 0 Å². The van der Waals surface area contributed by atoms with Crippen molar-refractivity contribution in [3.8, 4) is 6.07 Å². The lowest BCUT2D eigenvalue weighted by molar-refractivity contribution is -0.385. The molecular weight excluding hydrogens is 280 g/mol. The number of rotatable bonds is 3. The number of nitriles is 1. The van der Waals surface area contributed by atoms with Gasteiger partial charge >= 0.3 is 0 Å². The number of hydrogen-bond donors (Lipinski definition) is 0. The Morgan fingerprint density at radius 1 is 1.18 bits per heavy atom. The number of nitro groups is 1. The Morgan fingerprint density at radius 2 is 1.86 bits per heavy atom. The van der Waals surface area contributed by atoms with Crippen LogP contribution in [0.1, 0.15) is 12.0 Å². The Bertz CT molecular complexity index is 780. The van der Waals surface area contributed by atoms with E-state index in [1.807, 2.05) is 30.3 Å². The van der Waals surface area contributed by atoms with Crippen molar-refractivity contribution in [1.82, 2.24) is 0 Å². The van der Waals surface area contributed by atoms with Crippen molar-refractivity contribution in [2.24, 2.45) is 5.10 Å². The van der Waals surface area contributed by atoms with E-state index >= 15 is 0 Å². The third-order valence-corrected chi connectivity index (χ3v) is 3.49. The van der Waals surface area contributed by atoms with Crippen molar-refractivity contribution in [2.75, 3.05) is 5.01 Å². The van der Waals surface area contributed by atoms with Gasteiger partial charge in [-0.1, -0.05) is 30.3 Å². The summed E-state index contributed by atoms with van der Waals surface area (Å²) in [5.41, 5.74) is 1.82. The normalized spacial score (nSPS) is 17.0. The van der Waals surface area contributed by atoms with Crippen LogP contribution in [-0.2, 0) is 0 Å². The van der Waals surface area contributed by atoms with Crippen molar-refractivity contribution >= 4 is 17.1 Å². The summed E-state index contributed by atoms with van der Waals surface area (Å²) in [5, 5.41) is 26.6. The largest absolute Gasteiger partial charge is 0.278 e. The molecule has 1 heterocycles. The van der Waals surface area contributed by atoms with Crippen LogP contribution in [-0.4, -0.2) is 16.7 Å². The number of hydrogen-bond acceptors (Lipinski definition) is 5. The smallest absolute Gasteiger partial charge is 0.258 e. The summed E-state index contributed by atoms with van der Waals surface area (Å²) in [6, 6.07) is 17.5. The van der Waals surface area contributed by atoms with Gasteiger partial charge in [0.25, 0.3) is 5.69 Å². The highest BCUT2D eigenvalue weighted by Gasteiger charge is 2.31. The van der Waals surface area contributed by atoms with Gasteiger partial charge in [-0.2, -0.15) is 10.4 Å². The average Bonchev–Trinajstić information content (AvgIpc) is 3.00. The highest BCUT2D eigenvalue weighted by Crippen LogP contribution is 2.29. The molecule has 0 saturated carbocycles. The molecule has 1 unspecified atom stereocenters. The van der Waals surface area contributed by atoms with Crippen LogP contribution < -0.4 is 5.01 Å². The maximum absolute atomic E-state index is 11.2. The molecule has 0 spiro atoms. The average molecular weight is 292 g/mol. The molecular formula is C16H12N4O2. The van der Waals surface area contributed by atoms with Gasteiger partial charge in [-0.05, 0) is 18.2 Å². The first-order valence-electron chi connectivity index (χ1n) is 6.76. The molecule has 0 fully saturated rings. The second-order valence-electron chi connectivity index (χ2n) is 4.85. The lowest BCUT2D eigenvalue weighted by Gasteiger charge is -2.17. The zero-order chi connectivity index (χ0) is 15.5. The van der Waals surface area contributed by atoms with Crippen LogP contribution in [0.2, 0.25) is 0 Å². The van der Waals surface area contributed by atoms with Gasteiger partial charge in [-0.25, -0.2) is 5.01 Å². The first-order valence-corrected chi connectivity index (χ1v) is 6.76. The molecule has 22 heavy (non-hydrogen) atoms. The molecule has 108 valence electrons. The summed E-state index contributed by atoms with van der Waals surface area (Å²) in [5.74, 6) is 0. The fourth-order valence-electron chi connectivity index (χ4n) is 2.47. The molecule has 1 aliphatic heterocycles. The van der Waals surface area contributed by atoms with Gasteiger partial charge in [0.05, 0.1) is 28.0 Å². The van der Waals surface area contributed by atoms with E-state index in [-0.39, 0.29) is 5.69 Å². The fourth-order valence-corrected chi connectivity index (χ4v) is 2.47. The number of para-hydroxylation sites is 2. The van der Waals surface area contributed by atoms with E-state index in [0.29, 0.717) is 17.7 Å².